The van der Waals surface area contributed by atoms with E-state index in [4.69, 9.17) is 5.73 Å². The lowest BCUT2D eigenvalue weighted by atomic mass is 9.71. The summed E-state index contributed by atoms with van der Waals surface area (Å²) < 4.78 is 0. The summed E-state index contributed by atoms with van der Waals surface area (Å²) >= 11 is 1.73. The van der Waals surface area contributed by atoms with E-state index in [0.717, 1.165) is 32.2 Å². The minimum Gasteiger partial charge on any atom is -0.344 e. The van der Waals surface area contributed by atoms with Gasteiger partial charge in [0.05, 0.1) is 5.41 Å². The van der Waals surface area contributed by atoms with Crippen molar-refractivity contribution in [1.82, 2.24) is 4.90 Å². The van der Waals surface area contributed by atoms with Gasteiger partial charge in [-0.15, -0.1) is 11.3 Å². The molecule has 1 heterocycles. The average Bonchev–Trinajstić information content (AvgIpc) is 3.01. The molecule has 1 aliphatic carbocycles. The molecular formula is C17H28N2OS. The summed E-state index contributed by atoms with van der Waals surface area (Å²) in [7, 11) is 1.93. The first kappa shape index (κ1) is 16.5. The van der Waals surface area contributed by atoms with Crippen molar-refractivity contribution in [2.24, 2.45) is 11.1 Å². The second-order valence-corrected chi connectivity index (χ2v) is 8.10. The van der Waals surface area contributed by atoms with Crippen LogP contribution in [0.1, 0.15) is 50.8 Å². The quantitative estimate of drug-likeness (QED) is 0.906. The molecule has 2 N–H and O–H groups in total. The van der Waals surface area contributed by atoms with Gasteiger partial charge in [-0.3, -0.25) is 4.79 Å². The molecule has 0 radical (unpaired) electrons. The molecule has 1 fully saturated rings. The molecule has 0 unspecified atom stereocenters. The molecule has 0 aromatic carbocycles. The Morgan fingerprint density at radius 1 is 1.38 bits per heavy atom. The molecule has 3 nitrogen and oxygen atoms in total. The van der Waals surface area contributed by atoms with Crippen LogP contribution in [-0.2, 0) is 10.2 Å². The highest BCUT2D eigenvalue weighted by atomic mass is 32.1. The normalized spacial score (nSPS) is 18.5. The van der Waals surface area contributed by atoms with Crippen molar-refractivity contribution in [2.75, 3.05) is 20.1 Å². The Morgan fingerprint density at radius 3 is 2.57 bits per heavy atom. The highest BCUT2D eigenvalue weighted by Gasteiger charge is 2.44. The summed E-state index contributed by atoms with van der Waals surface area (Å²) in [6, 6.07) is 4.20. The SMILES string of the molecule is CN(CC(C)(C)CN)C(=O)C1(c2cccs2)CCCCC1. The van der Waals surface area contributed by atoms with E-state index < -0.39 is 0 Å². The molecule has 1 aromatic heterocycles. The lowest BCUT2D eigenvalue weighted by Gasteiger charge is -2.40. The monoisotopic (exact) mass is 308 g/mol. The average molecular weight is 308 g/mol. The Kier molecular flexibility index (Phi) is 5.10. The molecule has 21 heavy (non-hydrogen) atoms. The zero-order valence-electron chi connectivity index (χ0n) is 13.5. The molecule has 1 saturated carbocycles. The highest BCUT2D eigenvalue weighted by Crippen LogP contribution is 2.43. The van der Waals surface area contributed by atoms with Gasteiger partial charge in [-0.2, -0.15) is 0 Å². The van der Waals surface area contributed by atoms with Crippen LogP contribution in [0.4, 0.5) is 0 Å². The number of rotatable bonds is 5. The van der Waals surface area contributed by atoms with Gasteiger partial charge in [0, 0.05) is 18.5 Å². The van der Waals surface area contributed by atoms with Gasteiger partial charge in [0.25, 0.3) is 0 Å². The van der Waals surface area contributed by atoms with E-state index in [9.17, 15) is 4.79 Å². The molecule has 0 aliphatic heterocycles. The van der Waals surface area contributed by atoms with E-state index >= 15 is 0 Å². The molecule has 1 aromatic rings. The molecule has 1 amide bonds. The van der Waals surface area contributed by atoms with Gasteiger partial charge >= 0.3 is 0 Å². The fourth-order valence-corrected chi connectivity index (χ4v) is 4.39. The minimum absolute atomic E-state index is 0.0320. The van der Waals surface area contributed by atoms with Crippen LogP contribution >= 0.6 is 11.3 Å². The van der Waals surface area contributed by atoms with Crippen molar-refractivity contribution in [3.8, 4) is 0 Å². The fraction of sp³-hybridized carbons (Fsp3) is 0.706. The Labute approximate surface area is 132 Å². The predicted octanol–water partition coefficient (Wildman–Crippen LogP) is 3.39. The topological polar surface area (TPSA) is 46.3 Å². The number of hydrogen-bond acceptors (Lipinski definition) is 3. The Balaban J connectivity index is 2.23. The van der Waals surface area contributed by atoms with Crippen LogP contribution in [0.2, 0.25) is 0 Å². The van der Waals surface area contributed by atoms with E-state index in [0.29, 0.717) is 6.54 Å². The third-order valence-electron chi connectivity index (χ3n) is 4.67. The van der Waals surface area contributed by atoms with Crippen molar-refractivity contribution in [3.05, 3.63) is 22.4 Å². The zero-order valence-corrected chi connectivity index (χ0v) is 14.3. The number of amides is 1. The van der Waals surface area contributed by atoms with Gasteiger partial charge < -0.3 is 10.6 Å². The van der Waals surface area contributed by atoms with Crippen LogP contribution < -0.4 is 5.73 Å². The Morgan fingerprint density at radius 2 is 2.05 bits per heavy atom. The van der Waals surface area contributed by atoms with Gasteiger partial charge in [0.1, 0.15) is 0 Å². The third kappa shape index (κ3) is 3.49. The number of carbonyl (C=O) groups is 1. The van der Waals surface area contributed by atoms with E-state index in [1.54, 1.807) is 11.3 Å². The maximum Gasteiger partial charge on any atom is 0.233 e. The largest absolute Gasteiger partial charge is 0.344 e. The zero-order chi connectivity index (χ0) is 15.5. The molecular weight excluding hydrogens is 280 g/mol. The fourth-order valence-electron chi connectivity index (χ4n) is 3.42. The first-order chi connectivity index (χ1) is 9.91. The van der Waals surface area contributed by atoms with E-state index in [1.807, 2.05) is 11.9 Å². The Hall–Kier alpha value is -0.870. The second kappa shape index (κ2) is 6.49. The van der Waals surface area contributed by atoms with Crippen molar-refractivity contribution in [3.63, 3.8) is 0 Å². The summed E-state index contributed by atoms with van der Waals surface area (Å²) in [5, 5.41) is 2.09. The van der Waals surface area contributed by atoms with Crippen molar-refractivity contribution >= 4 is 17.2 Å². The van der Waals surface area contributed by atoms with Crippen LogP contribution in [0.5, 0.6) is 0 Å². The maximum atomic E-state index is 13.2. The molecule has 0 atom stereocenters. The highest BCUT2D eigenvalue weighted by molar-refractivity contribution is 7.10. The van der Waals surface area contributed by atoms with Gasteiger partial charge in [0.2, 0.25) is 5.91 Å². The number of hydrogen-bond donors (Lipinski definition) is 1. The first-order valence-corrected chi connectivity index (χ1v) is 8.79. The number of carbonyl (C=O) groups excluding carboxylic acids is 1. The summed E-state index contributed by atoms with van der Waals surface area (Å²) in [4.78, 5) is 16.4. The summed E-state index contributed by atoms with van der Waals surface area (Å²) in [5.74, 6) is 0.283. The lowest BCUT2D eigenvalue weighted by molar-refractivity contribution is -0.138. The van der Waals surface area contributed by atoms with E-state index in [1.165, 1.54) is 11.3 Å². The molecule has 118 valence electrons. The van der Waals surface area contributed by atoms with Crippen LogP contribution in [0, 0.1) is 5.41 Å². The summed E-state index contributed by atoms with van der Waals surface area (Å²) in [5.41, 5.74) is 5.51. The van der Waals surface area contributed by atoms with Crippen LogP contribution in [0.3, 0.4) is 0 Å². The van der Waals surface area contributed by atoms with Crippen molar-refractivity contribution in [2.45, 2.75) is 51.4 Å². The number of nitrogens with zero attached hydrogens (tertiary/aromatic N) is 1. The first-order valence-electron chi connectivity index (χ1n) is 7.91. The lowest BCUT2D eigenvalue weighted by Crippen LogP contribution is -2.49. The molecule has 2 rings (SSSR count). The Bertz CT molecular complexity index is 461. The van der Waals surface area contributed by atoms with Gasteiger partial charge in [-0.1, -0.05) is 39.2 Å². The van der Waals surface area contributed by atoms with Crippen LogP contribution in [0.25, 0.3) is 0 Å². The van der Waals surface area contributed by atoms with Gasteiger partial charge in [0.15, 0.2) is 0 Å². The van der Waals surface area contributed by atoms with Gasteiger partial charge in [-0.25, -0.2) is 0 Å². The van der Waals surface area contributed by atoms with Crippen molar-refractivity contribution in [1.29, 1.82) is 0 Å². The van der Waals surface area contributed by atoms with Crippen LogP contribution in [0.15, 0.2) is 17.5 Å². The van der Waals surface area contributed by atoms with Gasteiger partial charge in [-0.05, 0) is 36.2 Å². The molecule has 4 heteroatoms. The van der Waals surface area contributed by atoms with Crippen LogP contribution in [-0.4, -0.2) is 30.9 Å². The molecule has 0 bridgehead atoms. The molecule has 0 saturated heterocycles. The summed E-state index contributed by atoms with van der Waals surface area (Å²) in [6.07, 6.45) is 5.52. The number of thiophene rings is 1. The van der Waals surface area contributed by atoms with E-state index in [-0.39, 0.29) is 16.7 Å². The number of nitrogens with two attached hydrogens (primary N) is 1. The predicted molar refractivity (Wildman–Crippen MR) is 89.6 cm³/mol. The number of likely N-dealkylation sites (N-methyl/N-ethyl adjacent to an activating group) is 1. The second-order valence-electron chi connectivity index (χ2n) is 7.15. The smallest absolute Gasteiger partial charge is 0.233 e. The molecule has 0 spiro atoms. The standard InChI is InChI=1S/C17H28N2OS/c1-16(2,12-18)13-19(3)15(20)17(9-5-4-6-10-17)14-8-7-11-21-14/h7-8,11H,4-6,9-10,12-13,18H2,1-3H3. The minimum atomic E-state index is -0.286. The maximum absolute atomic E-state index is 13.2. The van der Waals surface area contributed by atoms with E-state index in [2.05, 4.69) is 31.4 Å². The van der Waals surface area contributed by atoms with Crippen molar-refractivity contribution < 1.29 is 4.79 Å². The molecule has 1 aliphatic rings. The third-order valence-corrected chi connectivity index (χ3v) is 5.75. The summed E-state index contributed by atoms with van der Waals surface area (Å²) in [6.45, 7) is 5.55.